The number of hydrogen-bond acceptors (Lipinski definition) is 5. The Kier molecular flexibility index (Phi) is 2.61. The molecule has 0 saturated heterocycles. The Bertz CT molecular complexity index is 343. The van der Waals surface area contributed by atoms with Crippen molar-refractivity contribution < 1.29 is 4.92 Å². The van der Waals surface area contributed by atoms with Crippen LogP contribution in [0.15, 0.2) is 6.20 Å². The third kappa shape index (κ3) is 1.72. The van der Waals surface area contributed by atoms with Crippen molar-refractivity contribution in [2.45, 2.75) is 0 Å². The van der Waals surface area contributed by atoms with Crippen LogP contribution >= 0.6 is 23.8 Å². The van der Waals surface area contributed by atoms with Gasteiger partial charge in [-0.15, -0.1) is 0 Å². The fourth-order valence-corrected chi connectivity index (χ4v) is 0.907. The first kappa shape index (κ1) is 8.95. The molecule has 0 unspecified atom stereocenters. The van der Waals surface area contributed by atoms with E-state index in [1.54, 1.807) is 0 Å². The molecule has 0 aliphatic heterocycles. The van der Waals surface area contributed by atoms with Crippen LogP contribution in [0.4, 0.5) is 5.69 Å². The minimum Gasteiger partial charge on any atom is -0.258 e. The van der Waals surface area contributed by atoms with Gasteiger partial charge in [0.1, 0.15) is 6.20 Å². The maximum atomic E-state index is 10.3. The minimum absolute atomic E-state index is 0.0509. The van der Waals surface area contributed by atoms with Crippen LogP contribution in [0.3, 0.4) is 0 Å². The Balaban J connectivity index is 3.29. The Morgan fingerprint density at radius 1 is 1.75 bits per heavy atom. The second-order valence-electron chi connectivity index (χ2n) is 1.78. The molecule has 0 fully saturated rings. The molecule has 0 aliphatic rings. The summed E-state index contributed by atoms with van der Waals surface area (Å²) in [6, 6.07) is 0. The molecule has 7 heteroatoms. The predicted octanol–water partition coefficient (Wildman–Crippen LogP) is 1.39. The Morgan fingerprint density at radius 3 is 2.92 bits per heavy atom. The molecule has 0 N–H and O–H groups in total. The lowest BCUT2D eigenvalue weighted by Gasteiger charge is -1.94. The highest BCUT2D eigenvalue weighted by molar-refractivity contribution is 7.79. The quantitative estimate of drug-likeness (QED) is 0.314. The molecular formula is C5H2ClN3O2S. The fourth-order valence-electron chi connectivity index (χ4n) is 0.593. The average Bonchev–Trinajstić information content (AvgIpc) is 2.03. The van der Waals surface area contributed by atoms with Crippen LogP contribution in [-0.2, 0) is 0 Å². The summed E-state index contributed by atoms with van der Waals surface area (Å²) in [6.07, 6.45) is 1.02. The highest BCUT2D eigenvalue weighted by atomic mass is 35.5. The molecule has 1 aromatic rings. The summed E-state index contributed by atoms with van der Waals surface area (Å²) < 4.78 is 0. The second-order valence-corrected chi connectivity index (χ2v) is 2.36. The number of halogens is 1. The lowest BCUT2D eigenvalue weighted by atomic mass is 10.4. The SMILES string of the molecule is O=[N+]([O-])c1cnc(Cl)nc1C=S. The van der Waals surface area contributed by atoms with Gasteiger partial charge in [-0.05, 0) is 11.6 Å². The molecule has 0 aliphatic carbocycles. The van der Waals surface area contributed by atoms with Crippen molar-refractivity contribution in [1.82, 2.24) is 9.97 Å². The predicted molar refractivity (Wildman–Crippen MR) is 46.5 cm³/mol. The molecule has 1 heterocycles. The zero-order chi connectivity index (χ0) is 9.14. The van der Waals surface area contributed by atoms with Gasteiger partial charge in [-0.3, -0.25) is 10.1 Å². The van der Waals surface area contributed by atoms with Crippen LogP contribution in [0.2, 0.25) is 5.28 Å². The highest BCUT2D eigenvalue weighted by Crippen LogP contribution is 2.14. The van der Waals surface area contributed by atoms with E-state index in [0.29, 0.717) is 0 Å². The third-order valence-corrected chi connectivity index (χ3v) is 1.48. The van der Waals surface area contributed by atoms with E-state index in [4.69, 9.17) is 11.6 Å². The van der Waals surface area contributed by atoms with Gasteiger partial charge in [0.2, 0.25) is 5.28 Å². The van der Waals surface area contributed by atoms with Crippen LogP contribution in [0.5, 0.6) is 0 Å². The van der Waals surface area contributed by atoms with Gasteiger partial charge in [-0.1, -0.05) is 12.2 Å². The van der Waals surface area contributed by atoms with E-state index in [9.17, 15) is 10.1 Å². The maximum absolute atomic E-state index is 10.3. The van der Waals surface area contributed by atoms with Crippen molar-refractivity contribution in [2.24, 2.45) is 0 Å². The van der Waals surface area contributed by atoms with Gasteiger partial charge in [0.25, 0.3) is 0 Å². The van der Waals surface area contributed by atoms with Crippen molar-refractivity contribution in [1.29, 1.82) is 0 Å². The number of thiocarbonyl (C=S) groups is 1. The van der Waals surface area contributed by atoms with E-state index in [1.807, 2.05) is 0 Å². The van der Waals surface area contributed by atoms with E-state index >= 15 is 0 Å². The Labute approximate surface area is 77.6 Å². The number of nitrogens with zero attached hydrogens (tertiary/aromatic N) is 3. The molecule has 0 bridgehead atoms. The molecule has 0 amide bonds. The molecule has 0 atom stereocenters. The molecule has 0 radical (unpaired) electrons. The fraction of sp³-hybridized carbons (Fsp3) is 0. The zero-order valence-corrected chi connectivity index (χ0v) is 7.17. The van der Waals surface area contributed by atoms with Crippen molar-refractivity contribution in [3.63, 3.8) is 0 Å². The number of rotatable bonds is 2. The largest absolute Gasteiger partial charge is 0.313 e. The first-order valence-corrected chi connectivity index (χ1v) is 3.62. The molecule has 1 rings (SSSR count). The molecule has 62 valence electrons. The summed E-state index contributed by atoms with van der Waals surface area (Å²) in [6.45, 7) is 0. The van der Waals surface area contributed by atoms with Crippen LogP contribution in [0.25, 0.3) is 0 Å². The van der Waals surface area contributed by atoms with Gasteiger partial charge in [0.05, 0.1) is 4.92 Å². The standard InChI is InChI=1S/C5H2ClN3O2S/c6-5-7-1-4(9(10)11)3(2-12)8-5/h1-2H. The molecular weight excluding hydrogens is 202 g/mol. The number of hydrogen-bond donors (Lipinski definition) is 0. The zero-order valence-electron chi connectivity index (χ0n) is 5.60. The summed E-state index contributed by atoms with van der Waals surface area (Å²) in [4.78, 5) is 16.7. The van der Waals surface area contributed by atoms with E-state index in [2.05, 4.69) is 22.2 Å². The van der Waals surface area contributed by atoms with E-state index in [-0.39, 0.29) is 16.7 Å². The number of nitro groups is 1. The van der Waals surface area contributed by atoms with Crippen LogP contribution < -0.4 is 0 Å². The van der Waals surface area contributed by atoms with Gasteiger partial charge in [-0.2, -0.15) is 0 Å². The Morgan fingerprint density at radius 2 is 2.42 bits per heavy atom. The second kappa shape index (κ2) is 3.51. The molecule has 0 spiro atoms. The summed E-state index contributed by atoms with van der Waals surface area (Å²) in [5.41, 5.74) is -0.190. The van der Waals surface area contributed by atoms with Crippen molar-refractivity contribution in [2.75, 3.05) is 0 Å². The van der Waals surface area contributed by atoms with Crippen molar-refractivity contribution >= 4 is 34.9 Å². The third-order valence-electron chi connectivity index (χ3n) is 1.08. The molecule has 5 nitrogen and oxygen atoms in total. The van der Waals surface area contributed by atoms with Gasteiger partial charge in [0.15, 0.2) is 5.69 Å². The van der Waals surface area contributed by atoms with Gasteiger partial charge >= 0.3 is 5.69 Å². The molecule has 0 saturated carbocycles. The van der Waals surface area contributed by atoms with Gasteiger partial charge in [0, 0.05) is 5.37 Å². The molecule has 0 aromatic carbocycles. The van der Waals surface area contributed by atoms with Gasteiger partial charge < -0.3 is 0 Å². The minimum atomic E-state index is -0.617. The van der Waals surface area contributed by atoms with Crippen LogP contribution in [-0.4, -0.2) is 20.3 Å². The Hall–Kier alpha value is -1.14. The highest BCUT2D eigenvalue weighted by Gasteiger charge is 2.13. The van der Waals surface area contributed by atoms with E-state index < -0.39 is 4.92 Å². The molecule has 12 heavy (non-hydrogen) atoms. The number of aromatic nitrogens is 2. The van der Waals surface area contributed by atoms with Crippen molar-refractivity contribution in [3.8, 4) is 0 Å². The normalized spacial score (nSPS) is 9.42. The smallest absolute Gasteiger partial charge is 0.258 e. The van der Waals surface area contributed by atoms with E-state index in [1.165, 1.54) is 0 Å². The van der Waals surface area contributed by atoms with Crippen LogP contribution in [0.1, 0.15) is 5.69 Å². The first-order chi connectivity index (χ1) is 5.65. The summed E-state index contributed by atoms with van der Waals surface area (Å²) in [5, 5.41) is 11.3. The van der Waals surface area contributed by atoms with Crippen molar-refractivity contribution in [3.05, 3.63) is 27.3 Å². The first-order valence-electron chi connectivity index (χ1n) is 2.77. The monoisotopic (exact) mass is 203 g/mol. The van der Waals surface area contributed by atoms with E-state index in [0.717, 1.165) is 11.6 Å². The lowest BCUT2D eigenvalue weighted by molar-refractivity contribution is -0.385. The molecule has 1 aromatic heterocycles. The average molecular weight is 204 g/mol. The summed E-state index contributed by atoms with van der Waals surface area (Å²) >= 11 is 9.90. The maximum Gasteiger partial charge on any atom is 0.313 e. The van der Waals surface area contributed by atoms with Crippen LogP contribution in [0, 0.1) is 10.1 Å². The topological polar surface area (TPSA) is 68.9 Å². The summed E-state index contributed by atoms with van der Waals surface area (Å²) in [7, 11) is 0. The summed E-state index contributed by atoms with van der Waals surface area (Å²) in [5.74, 6) is 0. The lowest BCUT2D eigenvalue weighted by Crippen LogP contribution is -1.98. The van der Waals surface area contributed by atoms with Gasteiger partial charge in [-0.25, -0.2) is 9.97 Å².